The molecule has 130 valence electrons. The van der Waals surface area contributed by atoms with Gasteiger partial charge in [0.2, 0.25) is 0 Å². The SMILES string of the molecule is CCCC(CC)NCC1(C)CCCN(C(=O)OC(C)(C)C)C1. The van der Waals surface area contributed by atoms with Gasteiger partial charge in [-0.25, -0.2) is 4.79 Å². The van der Waals surface area contributed by atoms with Crippen LogP contribution in [0.15, 0.2) is 0 Å². The molecule has 1 amide bonds. The molecule has 4 nitrogen and oxygen atoms in total. The van der Waals surface area contributed by atoms with Crippen molar-refractivity contribution >= 4 is 6.09 Å². The van der Waals surface area contributed by atoms with Gasteiger partial charge in [0, 0.05) is 25.7 Å². The monoisotopic (exact) mass is 312 g/mol. The van der Waals surface area contributed by atoms with Gasteiger partial charge in [-0.1, -0.05) is 27.2 Å². The minimum absolute atomic E-state index is 0.149. The third kappa shape index (κ3) is 6.55. The van der Waals surface area contributed by atoms with Gasteiger partial charge in [-0.3, -0.25) is 0 Å². The van der Waals surface area contributed by atoms with Crippen molar-refractivity contribution < 1.29 is 9.53 Å². The van der Waals surface area contributed by atoms with Gasteiger partial charge < -0.3 is 15.0 Å². The molecule has 1 fully saturated rings. The van der Waals surface area contributed by atoms with Crippen molar-refractivity contribution in [2.75, 3.05) is 19.6 Å². The minimum atomic E-state index is -0.419. The number of carbonyl (C=O) groups is 1. The Hall–Kier alpha value is -0.770. The van der Waals surface area contributed by atoms with Crippen LogP contribution in [0.25, 0.3) is 0 Å². The number of nitrogens with zero attached hydrogens (tertiary/aromatic N) is 1. The number of nitrogens with one attached hydrogen (secondary N) is 1. The number of likely N-dealkylation sites (tertiary alicyclic amines) is 1. The van der Waals surface area contributed by atoms with Gasteiger partial charge in [0.15, 0.2) is 0 Å². The maximum atomic E-state index is 12.3. The summed E-state index contributed by atoms with van der Waals surface area (Å²) < 4.78 is 5.52. The molecule has 4 heteroatoms. The Morgan fingerprint density at radius 3 is 2.59 bits per heavy atom. The molecular weight excluding hydrogens is 276 g/mol. The fourth-order valence-electron chi connectivity index (χ4n) is 3.13. The lowest BCUT2D eigenvalue weighted by molar-refractivity contribution is 0.00642. The van der Waals surface area contributed by atoms with Gasteiger partial charge in [-0.05, 0) is 51.9 Å². The Morgan fingerprint density at radius 1 is 1.36 bits per heavy atom. The van der Waals surface area contributed by atoms with Gasteiger partial charge >= 0.3 is 6.09 Å². The molecule has 22 heavy (non-hydrogen) atoms. The zero-order chi connectivity index (χ0) is 16.8. The van der Waals surface area contributed by atoms with E-state index in [1.165, 1.54) is 25.7 Å². The van der Waals surface area contributed by atoms with Crippen molar-refractivity contribution in [2.45, 2.75) is 85.3 Å². The summed E-state index contributed by atoms with van der Waals surface area (Å²) in [7, 11) is 0. The highest BCUT2D eigenvalue weighted by molar-refractivity contribution is 5.68. The van der Waals surface area contributed by atoms with Crippen LogP contribution in [0.2, 0.25) is 0 Å². The van der Waals surface area contributed by atoms with Crippen molar-refractivity contribution in [3.8, 4) is 0 Å². The molecule has 0 bridgehead atoms. The number of hydrogen-bond donors (Lipinski definition) is 1. The number of carbonyl (C=O) groups excluding carboxylic acids is 1. The Morgan fingerprint density at radius 2 is 2.05 bits per heavy atom. The molecule has 1 saturated heterocycles. The average molecular weight is 312 g/mol. The Kier molecular flexibility index (Phi) is 7.17. The molecule has 1 aliphatic rings. The second-order valence-corrected chi connectivity index (χ2v) is 8.09. The van der Waals surface area contributed by atoms with E-state index in [1.807, 2.05) is 25.7 Å². The van der Waals surface area contributed by atoms with Gasteiger partial charge in [0.05, 0.1) is 0 Å². The Labute approximate surface area is 137 Å². The largest absolute Gasteiger partial charge is 0.444 e. The van der Waals surface area contributed by atoms with Gasteiger partial charge in [-0.15, -0.1) is 0 Å². The second-order valence-electron chi connectivity index (χ2n) is 8.09. The van der Waals surface area contributed by atoms with E-state index in [-0.39, 0.29) is 11.5 Å². The maximum absolute atomic E-state index is 12.3. The predicted octanol–water partition coefficient (Wildman–Crippen LogP) is 4.19. The molecule has 2 unspecified atom stereocenters. The summed E-state index contributed by atoms with van der Waals surface area (Å²) in [5.41, 5.74) is -0.270. The lowest BCUT2D eigenvalue weighted by atomic mass is 9.81. The molecule has 0 saturated carbocycles. The number of rotatable bonds is 6. The number of piperidine rings is 1. The van der Waals surface area contributed by atoms with E-state index in [1.54, 1.807) is 0 Å². The lowest BCUT2D eigenvalue weighted by Crippen LogP contribution is -2.51. The molecule has 0 aromatic rings. The van der Waals surface area contributed by atoms with Crippen molar-refractivity contribution in [1.29, 1.82) is 0 Å². The highest BCUT2D eigenvalue weighted by Crippen LogP contribution is 2.30. The van der Waals surface area contributed by atoms with Crippen molar-refractivity contribution in [3.63, 3.8) is 0 Å². The first-order valence-corrected chi connectivity index (χ1v) is 8.90. The van der Waals surface area contributed by atoms with Crippen LogP contribution in [0.4, 0.5) is 4.79 Å². The summed E-state index contributed by atoms with van der Waals surface area (Å²) in [6.45, 7) is 15.1. The molecule has 1 N–H and O–H groups in total. The highest BCUT2D eigenvalue weighted by Gasteiger charge is 2.35. The van der Waals surface area contributed by atoms with Crippen LogP contribution in [0.5, 0.6) is 0 Å². The van der Waals surface area contributed by atoms with Crippen LogP contribution < -0.4 is 5.32 Å². The third-order valence-electron chi connectivity index (χ3n) is 4.38. The van der Waals surface area contributed by atoms with Crippen molar-refractivity contribution in [1.82, 2.24) is 10.2 Å². The summed E-state index contributed by atoms with van der Waals surface area (Å²) in [5, 5.41) is 3.71. The summed E-state index contributed by atoms with van der Waals surface area (Å²) in [5.74, 6) is 0. The molecule has 0 aromatic heterocycles. The van der Waals surface area contributed by atoms with E-state index < -0.39 is 5.60 Å². The molecule has 0 spiro atoms. The zero-order valence-corrected chi connectivity index (χ0v) is 15.5. The first-order chi connectivity index (χ1) is 10.2. The maximum Gasteiger partial charge on any atom is 0.410 e. The van der Waals surface area contributed by atoms with E-state index >= 15 is 0 Å². The van der Waals surface area contributed by atoms with Crippen LogP contribution in [0, 0.1) is 5.41 Å². The number of amides is 1. The topological polar surface area (TPSA) is 41.6 Å². The quantitative estimate of drug-likeness (QED) is 0.799. The summed E-state index contributed by atoms with van der Waals surface area (Å²) >= 11 is 0. The fraction of sp³-hybridized carbons (Fsp3) is 0.944. The standard InChI is InChI=1S/C18H36N2O2/c1-7-10-15(8-2)19-13-18(6)11-9-12-20(14-18)16(21)22-17(3,4)5/h15,19H,7-14H2,1-6H3. The Balaban J connectivity index is 2.54. The molecule has 1 aliphatic heterocycles. The fourth-order valence-corrected chi connectivity index (χ4v) is 3.13. The molecule has 1 rings (SSSR count). The number of hydrogen-bond acceptors (Lipinski definition) is 3. The molecule has 1 heterocycles. The van der Waals surface area contributed by atoms with Crippen LogP contribution in [-0.4, -0.2) is 42.3 Å². The summed E-state index contributed by atoms with van der Waals surface area (Å²) in [6, 6.07) is 0.596. The normalized spacial score (nSPS) is 24.2. The van der Waals surface area contributed by atoms with Crippen molar-refractivity contribution in [3.05, 3.63) is 0 Å². The summed E-state index contributed by atoms with van der Waals surface area (Å²) in [6.07, 6.45) is 5.66. The first kappa shape index (κ1) is 19.3. The smallest absolute Gasteiger partial charge is 0.410 e. The van der Waals surface area contributed by atoms with E-state index in [2.05, 4.69) is 26.1 Å². The molecular formula is C18H36N2O2. The summed E-state index contributed by atoms with van der Waals surface area (Å²) in [4.78, 5) is 14.2. The molecule has 2 atom stereocenters. The average Bonchev–Trinajstić information content (AvgIpc) is 2.41. The van der Waals surface area contributed by atoms with Crippen LogP contribution in [0.1, 0.15) is 73.6 Å². The highest BCUT2D eigenvalue weighted by atomic mass is 16.6. The number of ether oxygens (including phenoxy) is 1. The van der Waals surface area contributed by atoms with Gasteiger partial charge in [0.1, 0.15) is 5.60 Å². The predicted molar refractivity (Wildman–Crippen MR) is 92.1 cm³/mol. The van der Waals surface area contributed by atoms with Crippen LogP contribution >= 0.6 is 0 Å². The van der Waals surface area contributed by atoms with E-state index in [0.29, 0.717) is 6.04 Å². The molecule has 0 aliphatic carbocycles. The van der Waals surface area contributed by atoms with Gasteiger partial charge in [0.25, 0.3) is 0 Å². The molecule has 0 aromatic carbocycles. The van der Waals surface area contributed by atoms with Gasteiger partial charge in [-0.2, -0.15) is 0 Å². The second kappa shape index (κ2) is 8.19. The van der Waals surface area contributed by atoms with E-state index in [4.69, 9.17) is 4.74 Å². The van der Waals surface area contributed by atoms with Crippen molar-refractivity contribution in [2.24, 2.45) is 5.41 Å². The minimum Gasteiger partial charge on any atom is -0.444 e. The van der Waals surface area contributed by atoms with Crippen LogP contribution in [-0.2, 0) is 4.74 Å². The van der Waals surface area contributed by atoms with E-state index in [9.17, 15) is 4.79 Å². The lowest BCUT2D eigenvalue weighted by Gasteiger charge is -2.41. The third-order valence-corrected chi connectivity index (χ3v) is 4.38. The van der Waals surface area contributed by atoms with Crippen LogP contribution in [0.3, 0.4) is 0 Å². The molecule has 0 radical (unpaired) electrons. The first-order valence-electron chi connectivity index (χ1n) is 8.90. The van der Waals surface area contributed by atoms with E-state index in [0.717, 1.165) is 26.1 Å². The zero-order valence-electron chi connectivity index (χ0n) is 15.5. The Bertz CT molecular complexity index is 351.